The van der Waals surface area contributed by atoms with Crippen molar-refractivity contribution in [2.75, 3.05) is 19.6 Å². The van der Waals surface area contributed by atoms with E-state index >= 15 is 0 Å². The highest BCUT2D eigenvalue weighted by Crippen LogP contribution is 2.11. The molecule has 1 fully saturated rings. The summed E-state index contributed by atoms with van der Waals surface area (Å²) in [5.41, 5.74) is 0. The van der Waals surface area contributed by atoms with Gasteiger partial charge in [-0.1, -0.05) is 6.92 Å². The minimum Gasteiger partial charge on any atom is -0.341 e. The molecule has 1 N–H and O–H groups in total. The second-order valence-corrected chi connectivity index (χ2v) is 3.53. The number of nitrogens with zero attached hydrogens (tertiary/aromatic N) is 1. The summed E-state index contributed by atoms with van der Waals surface area (Å²) >= 11 is 0. The first-order valence-electron chi connectivity index (χ1n) is 5.25. The zero-order chi connectivity index (χ0) is 10.4. The normalized spacial score (nSPS) is 21.3. The van der Waals surface area contributed by atoms with Crippen molar-refractivity contribution in [3.8, 4) is 12.3 Å². The van der Waals surface area contributed by atoms with Crippen LogP contribution in [0.1, 0.15) is 26.2 Å². The molecule has 0 aromatic rings. The summed E-state index contributed by atoms with van der Waals surface area (Å²) < 4.78 is 0. The van der Waals surface area contributed by atoms with Gasteiger partial charge in [0.1, 0.15) is 0 Å². The average molecular weight is 194 g/mol. The van der Waals surface area contributed by atoms with Crippen molar-refractivity contribution < 1.29 is 4.79 Å². The van der Waals surface area contributed by atoms with Crippen LogP contribution < -0.4 is 5.32 Å². The minimum absolute atomic E-state index is 0.0471. The smallest absolute Gasteiger partial charge is 0.239 e. The molecule has 0 radical (unpaired) electrons. The number of nitrogens with one attached hydrogen (secondary N) is 1. The van der Waals surface area contributed by atoms with Gasteiger partial charge in [0.2, 0.25) is 5.91 Å². The van der Waals surface area contributed by atoms with Crippen molar-refractivity contribution in [1.29, 1.82) is 0 Å². The number of carbonyl (C=O) groups is 1. The number of hydrogen-bond acceptors (Lipinski definition) is 2. The highest BCUT2D eigenvalue weighted by Gasteiger charge is 2.29. The highest BCUT2D eigenvalue weighted by molar-refractivity contribution is 5.83. The molecule has 0 aliphatic carbocycles. The molecule has 1 aliphatic heterocycles. The number of unbranched alkanes of at least 4 members (excludes halogenated alkanes) is 1. The van der Waals surface area contributed by atoms with Crippen molar-refractivity contribution >= 4 is 5.91 Å². The zero-order valence-electron chi connectivity index (χ0n) is 8.75. The van der Waals surface area contributed by atoms with Crippen molar-refractivity contribution in [2.24, 2.45) is 0 Å². The average Bonchev–Trinajstić information content (AvgIpc) is 2.51. The quantitative estimate of drug-likeness (QED) is 0.514. The molecule has 1 heterocycles. The number of amides is 1. The Labute approximate surface area is 85.9 Å². The lowest BCUT2D eigenvalue weighted by atomic mass is 10.2. The van der Waals surface area contributed by atoms with E-state index in [4.69, 9.17) is 6.42 Å². The lowest BCUT2D eigenvalue weighted by molar-refractivity contribution is -0.129. The van der Waals surface area contributed by atoms with Crippen LogP contribution in [0.3, 0.4) is 0 Å². The number of carbonyl (C=O) groups excluding carboxylic acids is 1. The number of likely N-dealkylation sites (tertiary alicyclic amines) is 1. The highest BCUT2D eigenvalue weighted by atomic mass is 16.2. The predicted octanol–water partition coefficient (Wildman–Crippen LogP) is 0.610. The van der Waals surface area contributed by atoms with Crippen LogP contribution in [-0.2, 0) is 4.79 Å². The SMILES string of the molecule is C#CCCCN1CCC(NCC)C1=O. The molecule has 0 aromatic carbocycles. The van der Waals surface area contributed by atoms with Crippen molar-refractivity contribution in [3.63, 3.8) is 0 Å². The summed E-state index contributed by atoms with van der Waals surface area (Å²) in [6, 6.07) is 0.0471. The van der Waals surface area contributed by atoms with Gasteiger partial charge < -0.3 is 10.2 Å². The van der Waals surface area contributed by atoms with Gasteiger partial charge in [-0.15, -0.1) is 12.3 Å². The summed E-state index contributed by atoms with van der Waals surface area (Å²) in [5, 5.41) is 3.18. The molecule has 3 nitrogen and oxygen atoms in total. The summed E-state index contributed by atoms with van der Waals surface area (Å²) in [7, 11) is 0. The second-order valence-electron chi connectivity index (χ2n) is 3.53. The molecular formula is C11H18N2O. The van der Waals surface area contributed by atoms with Crippen LogP contribution in [0, 0.1) is 12.3 Å². The monoisotopic (exact) mass is 194 g/mol. The van der Waals surface area contributed by atoms with Gasteiger partial charge in [0.15, 0.2) is 0 Å². The topological polar surface area (TPSA) is 32.3 Å². The molecule has 0 spiro atoms. The first-order chi connectivity index (χ1) is 6.79. The fourth-order valence-corrected chi connectivity index (χ4v) is 1.77. The van der Waals surface area contributed by atoms with Crippen LogP contribution in [0.5, 0.6) is 0 Å². The summed E-state index contributed by atoms with van der Waals surface area (Å²) in [6.45, 7) is 4.56. The van der Waals surface area contributed by atoms with Crippen molar-refractivity contribution in [2.45, 2.75) is 32.2 Å². The Bertz CT molecular complexity index is 232. The Morgan fingerprint density at radius 3 is 3.14 bits per heavy atom. The maximum Gasteiger partial charge on any atom is 0.239 e. The van der Waals surface area contributed by atoms with E-state index in [1.807, 2.05) is 11.8 Å². The standard InChI is InChI=1S/C11H18N2O/c1-3-5-6-8-13-9-7-10(11(13)14)12-4-2/h1,10,12H,4-9H2,2H3. The molecule has 1 amide bonds. The molecule has 1 unspecified atom stereocenters. The van der Waals surface area contributed by atoms with Crippen LogP contribution in [0.4, 0.5) is 0 Å². The Morgan fingerprint density at radius 2 is 2.50 bits per heavy atom. The minimum atomic E-state index is 0.0471. The number of terminal acetylenes is 1. The molecule has 1 saturated heterocycles. The van der Waals surface area contributed by atoms with Crippen LogP contribution in [0.25, 0.3) is 0 Å². The van der Waals surface area contributed by atoms with E-state index in [0.717, 1.165) is 38.9 Å². The third kappa shape index (κ3) is 2.74. The lowest BCUT2D eigenvalue weighted by Gasteiger charge is -2.15. The lowest BCUT2D eigenvalue weighted by Crippen LogP contribution is -2.38. The van der Waals surface area contributed by atoms with E-state index in [-0.39, 0.29) is 11.9 Å². The van der Waals surface area contributed by atoms with Crippen molar-refractivity contribution in [3.05, 3.63) is 0 Å². The predicted molar refractivity (Wildman–Crippen MR) is 56.7 cm³/mol. The van der Waals surface area contributed by atoms with E-state index in [0.29, 0.717) is 0 Å². The molecule has 0 bridgehead atoms. The Morgan fingerprint density at radius 1 is 1.71 bits per heavy atom. The van der Waals surface area contributed by atoms with Gasteiger partial charge in [-0.25, -0.2) is 0 Å². The van der Waals surface area contributed by atoms with Crippen LogP contribution in [0.2, 0.25) is 0 Å². The van der Waals surface area contributed by atoms with Gasteiger partial charge >= 0.3 is 0 Å². The maximum atomic E-state index is 11.7. The second kappa shape index (κ2) is 5.66. The maximum absolute atomic E-state index is 11.7. The first kappa shape index (κ1) is 11.1. The third-order valence-electron chi connectivity index (χ3n) is 2.50. The van der Waals surface area contributed by atoms with Crippen LogP contribution in [-0.4, -0.2) is 36.5 Å². The molecular weight excluding hydrogens is 176 g/mol. The van der Waals surface area contributed by atoms with Crippen LogP contribution in [0.15, 0.2) is 0 Å². The molecule has 14 heavy (non-hydrogen) atoms. The van der Waals surface area contributed by atoms with E-state index in [2.05, 4.69) is 11.2 Å². The first-order valence-corrected chi connectivity index (χ1v) is 5.25. The Hall–Kier alpha value is -1.01. The molecule has 0 saturated carbocycles. The molecule has 78 valence electrons. The summed E-state index contributed by atoms with van der Waals surface area (Å²) in [5.74, 6) is 2.83. The van der Waals surface area contributed by atoms with E-state index in [9.17, 15) is 4.79 Å². The Balaban J connectivity index is 2.29. The molecule has 3 heteroatoms. The fourth-order valence-electron chi connectivity index (χ4n) is 1.77. The summed E-state index contributed by atoms with van der Waals surface area (Å²) in [6.07, 6.45) is 7.77. The van der Waals surface area contributed by atoms with Gasteiger partial charge in [0.05, 0.1) is 6.04 Å². The van der Waals surface area contributed by atoms with Crippen molar-refractivity contribution in [1.82, 2.24) is 10.2 Å². The zero-order valence-corrected chi connectivity index (χ0v) is 8.75. The van der Waals surface area contributed by atoms with Gasteiger partial charge in [0.25, 0.3) is 0 Å². The number of hydrogen-bond donors (Lipinski definition) is 1. The summed E-state index contributed by atoms with van der Waals surface area (Å²) in [4.78, 5) is 13.6. The van der Waals surface area contributed by atoms with Crippen LogP contribution >= 0.6 is 0 Å². The van der Waals surface area contributed by atoms with Gasteiger partial charge in [-0.05, 0) is 19.4 Å². The molecule has 0 aromatic heterocycles. The van der Waals surface area contributed by atoms with E-state index in [1.165, 1.54) is 0 Å². The molecule has 1 atom stereocenters. The number of likely N-dealkylation sites (N-methyl/N-ethyl adjacent to an activating group) is 1. The number of rotatable bonds is 5. The van der Waals surface area contributed by atoms with Gasteiger partial charge in [0, 0.05) is 19.5 Å². The third-order valence-corrected chi connectivity index (χ3v) is 2.50. The van der Waals surface area contributed by atoms with Gasteiger partial charge in [-0.3, -0.25) is 4.79 Å². The molecule has 1 rings (SSSR count). The molecule has 1 aliphatic rings. The Kier molecular flexibility index (Phi) is 4.48. The largest absolute Gasteiger partial charge is 0.341 e. The van der Waals surface area contributed by atoms with E-state index < -0.39 is 0 Å². The van der Waals surface area contributed by atoms with Gasteiger partial charge in [-0.2, -0.15) is 0 Å². The van der Waals surface area contributed by atoms with E-state index in [1.54, 1.807) is 0 Å². The fraction of sp³-hybridized carbons (Fsp3) is 0.727.